The summed E-state index contributed by atoms with van der Waals surface area (Å²) in [6, 6.07) is 11.0. The monoisotopic (exact) mass is 473 g/mol. The molecule has 34 heavy (non-hydrogen) atoms. The molecular weight excluding hydrogens is 447 g/mol. The predicted octanol–water partition coefficient (Wildman–Crippen LogP) is 5.79. The maximum Gasteiger partial charge on any atom is 0.391 e. The molecule has 3 atom stereocenters. The largest absolute Gasteiger partial charge is 0.478 e. The Kier molecular flexibility index (Phi) is 5.82. The Labute approximate surface area is 195 Å². The topological polar surface area (TPSA) is 76.0 Å². The van der Waals surface area contributed by atoms with E-state index in [-0.39, 0.29) is 17.9 Å². The van der Waals surface area contributed by atoms with Gasteiger partial charge in [-0.3, -0.25) is 4.99 Å². The fraction of sp³-hybridized carbons (Fsp3) is 0.423. The van der Waals surface area contributed by atoms with Gasteiger partial charge in [0.2, 0.25) is 0 Å². The maximum absolute atomic E-state index is 14.0. The van der Waals surface area contributed by atoms with Crippen molar-refractivity contribution in [2.24, 2.45) is 10.9 Å². The number of carbonyl (C=O) groups excluding carboxylic acids is 1. The van der Waals surface area contributed by atoms with Crippen LogP contribution in [0.1, 0.15) is 76.9 Å². The molecule has 4 rings (SSSR count). The number of aliphatic imine (C=N–C) groups is 1. The minimum Gasteiger partial charge on any atom is -0.478 e. The van der Waals surface area contributed by atoms with Crippen molar-refractivity contribution in [2.45, 2.75) is 56.7 Å². The second-order valence-electron chi connectivity index (χ2n) is 9.41. The highest BCUT2D eigenvalue weighted by Gasteiger charge is 2.60. The van der Waals surface area contributed by atoms with Crippen molar-refractivity contribution in [3.63, 3.8) is 0 Å². The Balaban J connectivity index is 2.00. The number of carbonyl (C=O) groups is 2. The number of esters is 1. The summed E-state index contributed by atoms with van der Waals surface area (Å²) in [5.41, 5.74) is -0.0135. The Morgan fingerprint density at radius 3 is 2.38 bits per heavy atom. The molecule has 0 spiro atoms. The molecule has 3 unspecified atom stereocenters. The minimum atomic E-state index is -4.45. The highest BCUT2D eigenvalue weighted by Crippen LogP contribution is 2.58. The molecule has 1 aliphatic carbocycles. The van der Waals surface area contributed by atoms with E-state index in [2.05, 4.69) is 0 Å². The number of alkyl halides is 3. The first-order valence-electron chi connectivity index (χ1n) is 11.2. The summed E-state index contributed by atoms with van der Waals surface area (Å²) in [5.74, 6) is -1.80. The standard InChI is InChI=1S/C26H26F3NO4/c1-15-5-4-12-25(14-26(27,28)29)24(15,2)20-13-18(22(31)32)10-11-19(20)21(30-25)16-6-8-17(9-7-16)23(33)34-3/h6-11,13,15H,4-5,12,14H2,1-3H3,(H,31,32). The van der Waals surface area contributed by atoms with Crippen molar-refractivity contribution in [1.29, 1.82) is 0 Å². The zero-order chi connectivity index (χ0) is 24.9. The zero-order valence-corrected chi connectivity index (χ0v) is 19.2. The van der Waals surface area contributed by atoms with Gasteiger partial charge in [-0.05, 0) is 48.6 Å². The third-order valence-electron chi connectivity index (χ3n) is 7.66. The first kappa shape index (κ1) is 24.0. The first-order chi connectivity index (χ1) is 15.9. The molecule has 2 aromatic rings. The summed E-state index contributed by atoms with van der Waals surface area (Å²) < 4.78 is 46.7. The smallest absolute Gasteiger partial charge is 0.391 e. The van der Waals surface area contributed by atoms with Crippen LogP contribution >= 0.6 is 0 Å². The van der Waals surface area contributed by atoms with Crippen molar-refractivity contribution in [3.05, 3.63) is 70.3 Å². The van der Waals surface area contributed by atoms with Crippen molar-refractivity contribution < 1.29 is 32.6 Å². The number of carboxylic acids is 1. The van der Waals surface area contributed by atoms with Crippen molar-refractivity contribution in [2.75, 3.05) is 7.11 Å². The van der Waals surface area contributed by atoms with Gasteiger partial charge in [-0.15, -0.1) is 0 Å². The van der Waals surface area contributed by atoms with Crippen LogP contribution in [0.25, 0.3) is 0 Å². The molecule has 0 aromatic heterocycles. The van der Waals surface area contributed by atoms with Gasteiger partial charge in [0.25, 0.3) is 0 Å². The van der Waals surface area contributed by atoms with Crippen molar-refractivity contribution in [1.82, 2.24) is 0 Å². The lowest BCUT2D eigenvalue weighted by Gasteiger charge is -2.56. The van der Waals surface area contributed by atoms with Gasteiger partial charge in [-0.1, -0.05) is 38.5 Å². The lowest BCUT2D eigenvalue weighted by atomic mass is 9.51. The average Bonchev–Trinajstić information content (AvgIpc) is 2.79. The van der Waals surface area contributed by atoms with Crippen LogP contribution in [0.4, 0.5) is 13.2 Å². The SMILES string of the molecule is COC(=O)c1ccc(C2=NC3(CC(F)(F)F)CCCC(C)C3(C)c3cc(C(=O)O)ccc32)cc1. The van der Waals surface area contributed by atoms with Gasteiger partial charge in [0.15, 0.2) is 0 Å². The minimum absolute atomic E-state index is 0.0287. The average molecular weight is 473 g/mol. The number of methoxy groups -OCH3 is 1. The molecular formula is C26H26F3NO4. The fourth-order valence-corrected chi connectivity index (χ4v) is 5.73. The molecule has 1 fully saturated rings. The van der Waals surface area contributed by atoms with Crippen LogP contribution in [0.5, 0.6) is 0 Å². The van der Waals surface area contributed by atoms with E-state index in [1.807, 2.05) is 6.92 Å². The van der Waals surface area contributed by atoms with E-state index in [4.69, 9.17) is 9.73 Å². The van der Waals surface area contributed by atoms with Gasteiger partial charge in [0.05, 0.1) is 35.9 Å². The quantitative estimate of drug-likeness (QED) is 0.570. The number of hydrogen-bond acceptors (Lipinski definition) is 4. The molecule has 1 heterocycles. The van der Waals surface area contributed by atoms with Crippen LogP contribution in [0.2, 0.25) is 0 Å². The normalized spacial score (nSPS) is 26.2. The first-order valence-corrected chi connectivity index (χ1v) is 11.2. The Morgan fingerprint density at radius 1 is 1.15 bits per heavy atom. The summed E-state index contributed by atoms with van der Waals surface area (Å²) in [6.07, 6.45) is -3.98. The summed E-state index contributed by atoms with van der Waals surface area (Å²) in [5, 5.41) is 9.62. The van der Waals surface area contributed by atoms with Gasteiger partial charge < -0.3 is 9.84 Å². The second-order valence-corrected chi connectivity index (χ2v) is 9.41. The lowest BCUT2D eigenvalue weighted by molar-refractivity contribution is -0.159. The number of nitrogens with zero attached hydrogens (tertiary/aromatic N) is 1. The molecule has 0 amide bonds. The third-order valence-corrected chi connectivity index (χ3v) is 7.66. The molecule has 8 heteroatoms. The second kappa shape index (κ2) is 8.25. The summed E-state index contributed by atoms with van der Waals surface area (Å²) in [7, 11) is 1.27. The van der Waals surface area contributed by atoms with Gasteiger partial charge in [0, 0.05) is 16.5 Å². The summed E-state index contributed by atoms with van der Waals surface area (Å²) in [6.45, 7) is 3.72. The lowest BCUT2D eigenvalue weighted by Crippen LogP contribution is -2.59. The Morgan fingerprint density at radius 2 is 1.79 bits per heavy atom. The van der Waals surface area contributed by atoms with Gasteiger partial charge >= 0.3 is 18.1 Å². The van der Waals surface area contributed by atoms with Crippen LogP contribution in [0.3, 0.4) is 0 Å². The van der Waals surface area contributed by atoms with E-state index in [9.17, 15) is 27.9 Å². The molecule has 1 aliphatic heterocycles. The van der Waals surface area contributed by atoms with Crippen LogP contribution in [0.15, 0.2) is 47.5 Å². The van der Waals surface area contributed by atoms with E-state index < -0.39 is 35.5 Å². The third kappa shape index (κ3) is 3.79. The summed E-state index contributed by atoms with van der Waals surface area (Å²) >= 11 is 0. The zero-order valence-electron chi connectivity index (χ0n) is 19.2. The van der Waals surface area contributed by atoms with E-state index >= 15 is 0 Å². The number of benzene rings is 2. The Hall–Kier alpha value is -3.16. The molecule has 1 N–H and O–H groups in total. The van der Waals surface area contributed by atoms with Crippen LogP contribution in [0, 0.1) is 5.92 Å². The predicted molar refractivity (Wildman–Crippen MR) is 121 cm³/mol. The van der Waals surface area contributed by atoms with E-state index in [0.29, 0.717) is 34.4 Å². The van der Waals surface area contributed by atoms with Gasteiger partial charge in [0.1, 0.15) is 0 Å². The maximum atomic E-state index is 14.0. The fourth-order valence-electron chi connectivity index (χ4n) is 5.73. The van der Waals surface area contributed by atoms with Gasteiger partial charge in [-0.2, -0.15) is 13.2 Å². The molecule has 0 saturated heterocycles. The molecule has 2 aromatic carbocycles. The molecule has 5 nitrogen and oxygen atoms in total. The number of halogens is 3. The van der Waals surface area contributed by atoms with Crippen LogP contribution in [-0.4, -0.2) is 41.6 Å². The van der Waals surface area contributed by atoms with Crippen LogP contribution < -0.4 is 0 Å². The van der Waals surface area contributed by atoms with E-state index in [1.54, 1.807) is 37.3 Å². The molecule has 0 radical (unpaired) electrons. The number of carboxylic acid groups (broad SMARTS) is 1. The number of ether oxygens (including phenoxy) is 1. The highest BCUT2D eigenvalue weighted by atomic mass is 19.4. The summed E-state index contributed by atoms with van der Waals surface area (Å²) in [4.78, 5) is 28.5. The highest BCUT2D eigenvalue weighted by molar-refractivity contribution is 6.15. The Bertz CT molecular complexity index is 1170. The molecule has 180 valence electrons. The van der Waals surface area contributed by atoms with Gasteiger partial charge in [-0.25, -0.2) is 9.59 Å². The van der Waals surface area contributed by atoms with E-state index in [1.165, 1.54) is 19.2 Å². The van der Waals surface area contributed by atoms with Crippen molar-refractivity contribution >= 4 is 17.7 Å². The number of hydrogen-bond donors (Lipinski definition) is 1. The van der Waals surface area contributed by atoms with E-state index in [0.717, 1.165) is 6.42 Å². The molecule has 1 saturated carbocycles. The van der Waals surface area contributed by atoms with Crippen molar-refractivity contribution in [3.8, 4) is 0 Å². The number of aromatic carboxylic acids is 1. The molecule has 2 aliphatic rings. The van der Waals surface area contributed by atoms with Crippen LogP contribution in [-0.2, 0) is 10.2 Å². The number of rotatable bonds is 4. The molecule has 0 bridgehead atoms. The number of fused-ring (bicyclic) bond motifs is 3.